The maximum Gasteiger partial charge on any atom is 0.119 e. The molecule has 1 unspecified atom stereocenters. The van der Waals surface area contributed by atoms with E-state index in [-0.39, 0.29) is 6.10 Å². The zero-order valence-corrected chi connectivity index (χ0v) is 12.2. The summed E-state index contributed by atoms with van der Waals surface area (Å²) in [6.07, 6.45) is 1.33. The van der Waals surface area contributed by atoms with Crippen molar-refractivity contribution in [3.63, 3.8) is 0 Å². The van der Waals surface area contributed by atoms with Crippen LogP contribution in [0.15, 0.2) is 24.3 Å². The van der Waals surface area contributed by atoms with Gasteiger partial charge < -0.3 is 15.0 Å². The lowest BCUT2D eigenvalue weighted by Gasteiger charge is -2.25. The lowest BCUT2D eigenvalue weighted by atomic mass is 10.0. The first kappa shape index (κ1) is 15.0. The molecule has 0 heterocycles. The Morgan fingerprint density at radius 1 is 1.17 bits per heavy atom. The predicted octanol–water partition coefficient (Wildman–Crippen LogP) is 2.69. The second-order valence-electron chi connectivity index (χ2n) is 5.11. The summed E-state index contributed by atoms with van der Waals surface area (Å²) < 4.78 is 5.66. The molecule has 0 bridgehead atoms. The molecule has 0 aliphatic carbocycles. The number of benzene rings is 1. The van der Waals surface area contributed by atoms with Crippen LogP contribution in [0.4, 0.5) is 0 Å². The highest BCUT2D eigenvalue weighted by molar-refractivity contribution is 5.29. The predicted molar refractivity (Wildman–Crippen MR) is 77.2 cm³/mol. The minimum Gasteiger partial charge on any atom is -0.491 e. The molecule has 3 nitrogen and oxygen atoms in total. The second kappa shape index (κ2) is 7.39. The quantitative estimate of drug-likeness (QED) is 0.805. The third-order valence-electron chi connectivity index (χ3n) is 2.93. The van der Waals surface area contributed by atoms with Gasteiger partial charge in [0, 0.05) is 6.04 Å². The molecule has 1 N–H and O–H groups in total. The fourth-order valence-electron chi connectivity index (χ4n) is 2.04. The first-order valence-corrected chi connectivity index (χ1v) is 6.62. The fourth-order valence-corrected chi connectivity index (χ4v) is 2.04. The van der Waals surface area contributed by atoms with E-state index in [0.29, 0.717) is 6.04 Å². The number of rotatable bonds is 7. The first-order chi connectivity index (χ1) is 8.54. The minimum absolute atomic E-state index is 0.227. The molecule has 0 fully saturated rings. The Morgan fingerprint density at radius 2 is 1.78 bits per heavy atom. The van der Waals surface area contributed by atoms with E-state index in [4.69, 9.17) is 4.74 Å². The molecule has 0 radical (unpaired) electrons. The SMILES string of the molecule is CNCCC(c1ccc(OC(C)C)cc1)N(C)C. The van der Waals surface area contributed by atoms with E-state index < -0.39 is 0 Å². The molecule has 18 heavy (non-hydrogen) atoms. The summed E-state index contributed by atoms with van der Waals surface area (Å²) in [5.41, 5.74) is 1.34. The van der Waals surface area contributed by atoms with E-state index in [2.05, 4.69) is 48.6 Å². The van der Waals surface area contributed by atoms with Crippen LogP contribution in [0.3, 0.4) is 0 Å². The maximum absolute atomic E-state index is 5.66. The van der Waals surface area contributed by atoms with E-state index >= 15 is 0 Å². The molecule has 1 aromatic carbocycles. The van der Waals surface area contributed by atoms with Gasteiger partial charge in [0.15, 0.2) is 0 Å². The van der Waals surface area contributed by atoms with Gasteiger partial charge in [-0.3, -0.25) is 0 Å². The van der Waals surface area contributed by atoms with E-state index in [1.54, 1.807) is 0 Å². The molecular weight excluding hydrogens is 224 g/mol. The molecular formula is C15H26N2O. The van der Waals surface area contributed by atoms with Crippen LogP contribution in [0.2, 0.25) is 0 Å². The van der Waals surface area contributed by atoms with Crippen molar-refractivity contribution in [2.45, 2.75) is 32.4 Å². The van der Waals surface area contributed by atoms with Crippen molar-refractivity contribution in [1.82, 2.24) is 10.2 Å². The van der Waals surface area contributed by atoms with Crippen LogP contribution in [0.5, 0.6) is 5.75 Å². The van der Waals surface area contributed by atoms with Gasteiger partial charge in [-0.1, -0.05) is 12.1 Å². The summed E-state index contributed by atoms with van der Waals surface area (Å²) in [5, 5.41) is 3.21. The van der Waals surface area contributed by atoms with Gasteiger partial charge in [0.05, 0.1) is 6.10 Å². The number of hydrogen-bond donors (Lipinski definition) is 1. The standard InChI is InChI=1S/C15H26N2O/c1-12(2)18-14-8-6-13(7-9-14)15(17(4)5)10-11-16-3/h6-9,12,15-16H,10-11H2,1-5H3. The van der Waals surface area contributed by atoms with Crippen LogP contribution in [-0.2, 0) is 0 Å². The van der Waals surface area contributed by atoms with Gasteiger partial charge in [0.2, 0.25) is 0 Å². The van der Waals surface area contributed by atoms with Crippen LogP contribution in [0.1, 0.15) is 31.9 Å². The molecule has 0 spiro atoms. The normalized spacial score (nSPS) is 13.1. The topological polar surface area (TPSA) is 24.5 Å². The Hall–Kier alpha value is -1.06. The molecule has 3 heteroatoms. The maximum atomic E-state index is 5.66. The lowest BCUT2D eigenvalue weighted by molar-refractivity contribution is 0.241. The number of nitrogens with one attached hydrogen (secondary N) is 1. The van der Waals surface area contributed by atoms with Crippen molar-refractivity contribution in [1.29, 1.82) is 0 Å². The van der Waals surface area contributed by atoms with Crippen molar-refractivity contribution in [2.75, 3.05) is 27.7 Å². The zero-order chi connectivity index (χ0) is 13.5. The van der Waals surface area contributed by atoms with E-state index in [0.717, 1.165) is 18.7 Å². The molecule has 1 atom stereocenters. The first-order valence-electron chi connectivity index (χ1n) is 6.62. The van der Waals surface area contributed by atoms with Crippen LogP contribution in [-0.4, -0.2) is 38.7 Å². The van der Waals surface area contributed by atoms with Gasteiger partial charge in [-0.05, 0) is 65.7 Å². The van der Waals surface area contributed by atoms with Crippen LogP contribution >= 0.6 is 0 Å². The smallest absolute Gasteiger partial charge is 0.119 e. The molecule has 0 aliphatic heterocycles. The second-order valence-corrected chi connectivity index (χ2v) is 5.11. The highest BCUT2D eigenvalue weighted by atomic mass is 16.5. The summed E-state index contributed by atoms with van der Waals surface area (Å²) in [6.45, 7) is 5.11. The summed E-state index contributed by atoms with van der Waals surface area (Å²) >= 11 is 0. The average Bonchev–Trinajstić information content (AvgIpc) is 2.30. The van der Waals surface area contributed by atoms with Crippen molar-refractivity contribution < 1.29 is 4.74 Å². The lowest BCUT2D eigenvalue weighted by Crippen LogP contribution is -2.23. The molecule has 0 aromatic heterocycles. The van der Waals surface area contributed by atoms with Crippen molar-refractivity contribution >= 4 is 0 Å². The Balaban J connectivity index is 2.73. The van der Waals surface area contributed by atoms with Crippen molar-refractivity contribution in [2.24, 2.45) is 0 Å². The van der Waals surface area contributed by atoms with Gasteiger partial charge in [-0.2, -0.15) is 0 Å². The molecule has 1 rings (SSSR count). The van der Waals surface area contributed by atoms with Gasteiger partial charge in [-0.15, -0.1) is 0 Å². The monoisotopic (exact) mass is 250 g/mol. The fraction of sp³-hybridized carbons (Fsp3) is 0.600. The highest BCUT2D eigenvalue weighted by Crippen LogP contribution is 2.24. The van der Waals surface area contributed by atoms with Gasteiger partial charge in [0.25, 0.3) is 0 Å². The molecule has 1 aromatic rings. The molecule has 0 amide bonds. The molecule has 0 saturated carbocycles. The highest BCUT2D eigenvalue weighted by Gasteiger charge is 2.13. The Labute approximate surface area is 111 Å². The number of nitrogens with zero attached hydrogens (tertiary/aromatic N) is 1. The summed E-state index contributed by atoms with van der Waals surface area (Å²) in [7, 11) is 6.24. The zero-order valence-electron chi connectivity index (χ0n) is 12.2. The third-order valence-corrected chi connectivity index (χ3v) is 2.93. The van der Waals surface area contributed by atoms with Crippen LogP contribution in [0, 0.1) is 0 Å². The van der Waals surface area contributed by atoms with E-state index in [9.17, 15) is 0 Å². The summed E-state index contributed by atoms with van der Waals surface area (Å²) in [6, 6.07) is 8.90. The number of ether oxygens (including phenoxy) is 1. The summed E-state index contributed by atoms with van der Waals surface area (Å²) in [5.74, 6) is 0.944. The van der Waals surface area contributed by atoms with Crippen LogP contribution < -0.4 is 10.1 Å². The average molecular weight is 250 g/mol. The number of hydrogen-bond acceptors (Lipinski definition) is 3. The van der Waals surface area contributed by atoms with Gasteiger partial charge >= 0.3 is 0 Å². The van der Waals surface area contributed by atoms with Crippen molar-refractivity contribution in [3.8, 4) is 5.75 Å². The van der Waals surface area contributed by atoms with Gasteiger partial charge in [-0.25, -0.2) is 0 Å². The minimum atomic E-state index is 0.227. The van der Waals surface area contributed by atoms with E-state index in [1.807, 2.05) is 20.9 Å². The Kier molecular flexibility index (Phi) is 6.16. The molecule has 0 saturated heterocycles. The van der Waals surface area contributed by atoms with Gasteiger partial charge in [0.1, 0.15) is 5.75 Å². The van der Waals surface area contributed by atoms with Crippen molar-refractivity contribution in [3.05, 3.63) is 29.8 Å². The Morgan fingerprint density at radius 3 is 2.22 bits per heavy atom. The Bertz CT molecular complexity index is 333. The van der Waals surface area contributed by atoms with E-state index in [1.165, 1.54) is 5.56 Å². The largest absolute Gasteiger partial charge is 0.491 e. The molecule has 102 valence electrons. The third kappa shape index (κ3) is 4.67. The molecule has 0 aliphatic rings. The summed E-state index contributed by atoms with van der Waals surface area (Å²) in [4.78, 5) is 2.26. The van der Waals surface area contributed by atoms with Crippen LogP contribution in [0.25, 0.3) is 0 Å².